The Hall–Kier alpha value is -1.32. The van der Waals surface area contributed by atoms with Crippen LogP contribution in [0, 0.1) is 22.7 Å². The van der Waals surface area contributed by atoms with Crippen molar-refractivity contribution in [2.45, 2.75) is 85.2 Å². The molecule has 0 aromatic rings. The summed E-state index contributed by atoms with van der Waals surface area (Å²) in [7, 11) is 1.40. The Morgan fingerprint density at radius 2 is 1.85 bits per heavy atom. The summed E-state index contributed by atoms with van der Waals surface area (Å²) in [5, 5.41) is 0. The second-order valence-electron chi connectivity index (χ2n) is 9.57. The molecule has 148 valence electrons. The van der Waals surface area contributed by atoms with Gasteiger partial charge in [0.05, 0.1) is 7.11 Å². The predicted octanol–water partition coefficient (Wildman–Crippen LogP) is 5.06. The smallest absolute Gasteiger partial charge is 0.330 e. The van der Waals surface area contributed by atoms with Gasteiger partial charge < -0.3 is 9.47 Å². The van der Waals surface area contributed by atoms with E-state index in [-0.39, 0.29) is 11.4 Å². The summed E-state index contributed by atoms with van der Waals surface area (Å²) < 4.78 is 10.4. The molecule has 26 heavy (non-hydrogen) atoms. The first-order valence-corrected chi connectivity index (χ1v) is 9.95. The fraction of sp³-hybridized carbons (Fsp3) is 0.818. The lowest BCUT2D eigenvalue weighted by molar-refractivity contribution is -0.190. The summed E-state index contributed by atoms with van der Waals surface area (Å²) >= 11 is 0. The number of ether oxygens (including phenoxy) is 2. The summed E-state index contributed by atoms with van der Waals surface area (Å²) in [5.41, 5.74) is 1.08. The van der Waals surface area contributed by atoms with Crippen molar-refractivity contribution in [1.29, 1.82) is 0 Å². The molecule has 2 saturated carbocycles. The lowest BCUT2D eigenvalue weighted by Gasteiger charge is -2.61. The Morgan fingerprint density at radius 3 is 2.46 bits per heavy atom. The molecule has 2 aliphatic rings. The number of carbonyl (C=O) groups excluding carboxylic acids is 2. The van der Waals surface area contributed by atoms with Gasteiger partial charge in [-0.2, -0.15) is 0 Å². The third kappa shape index (κ3) is 3.99. The highest BCUT2D eigenvalue weighted by atomic mass is 16.5. The van der Waals surface area contributed by atoms with Crippen molar-refractivity contribution in [3.63, 3.8) is 0 Å². The number of esters is 1. The van der Waals surface area contributed by atoms with Crippen LogP contribution in [0.3, 0.4) is 0 Å². The maximum absolute atomic E-state index is 11.5. The minimum absolute atomic E-state index is 0.156. The monoisotopic (exact) mass is 364 g/mol. The first kappa shape index (κ1) is 21.0. The second-order valence-corrected chi connectivity index (χ2v) is 9.57. The Bertz CT molecular complexity index is 564. The topological polar surface area (TPSA) is 52.6 Å². The molecule has 0 heterocycles. The van der Waals surface area contributed by atoms with E-state index < -0.39 is 5.60 Å². The summed E-state index contributed by atoms with van der Waals surface area (Å²) in [4.78, 5) is 22.8. The average molecular weight is 365 g/mol. The Kier molecular flexibility index (Phi) is 6.24. The van der Waals surface area contributed by atoms with Crippen molar-refractivity contribution < 1.29 is 19.1 Å². The molecule has 0 unspecified atom stereocenters. The molecular weight excluding hydrogens is 328 g/mol. The summed E-state index contributed by atoms with van der Waals surface area (Å²) in [5.74, 6) is 0.627. The van der Waals surface area contributed by atoms with E-state index in [0.717, 1.165) is 31.3 Å². The van der Waals surface area contributed by atoms with E-state index in [1.807, 2.05) is 6.92 Å². The van der Waals surface area contributed by atoms with Gasteiger partial charge in [0.15, 0.2) is 0 Å². The van der Waals surface area contributed by atoms with Gasteiger partial charge in [-0.05, 0) is 69.1 Å². The van der Waals surface area contributed by atoms with Crippen LogP contribution in [-0.2, 0) is 19.1 Å². The van der Waals surface area contributed by atoms with E-state index in [1.54, 1.807) is 6.08 Å². The van der Waals surface area contributed by atoms with Crippen molar-refractivity contribution in [2.75, 3.05) is 7.11 Å². The van der Waals surface area contributed by atoms with Gasteiger partial charge in [-0.25, -0.2) is 4.79 Å². The highest BCUT2D eigenvalue weighted by Crippen LogP contribution is 2.63. The Labute approximate surface area is 158 Å². The Balaban J connectivity index is 2.29. The minimum atomic E-state index is -0.425. The van der Waals surface area contributed by atoms with Gasteiger partial charge in [-0.3, -0.25) is 4.79 Å². The zero-order valence-corrected chi connectivity index (χ0v) is 17.4. The number of allylic oxidation sites excluding steroid dienone is 1. The van der Waals surface area contributed by atoms with Crippen LogP contribution >= 0.6 is 0 Å². The number of fused-ring (bicyclic) bond motifs is 1. The van der Waals surface area contributed by atoms with Gasteiger partial charge in [0, 0.05) is 12.0 Å². The molecule has 0 spiro atoms. The zero-order valence-electron chi connectivity index (χ0n) is 17.4. The molecule has 2 aliphatic carbocycles. The molecule has 0 N–H and O–H groups in total. The molecule has 4 atom stereocenters. The minimum Gasteiger partial charge on any atom is -0.466 e. The fourth-order valence-electron chi connectivity index (χ4n) is 6.20. The van der Waals surface area contributed by atoms with Crippen molar-refractivity contribution in [3.8, 4) is 0 Å². The third-order valence-electron chi connectivity index (χ3n) is 7.45. The number of rotatable bonds is 6. The first-order valence-electron chi connectivity index (χ1n) is 9.95. The quantitative estimate of drug-likeness (QED) is 0.375. The highest BCUT2D eigenvalue weighted by molar-refractivity contribution is 5.82. The molecule has 0 aromatic heterocycles. The van der Waals surface area contributed by atoms with Crippen molar-refractivity contribution in [2.24, 2.45) is 22.7 Å². The lowest BCUT2D eigenvalue weighted by atomic mass is 9.45. The van der Waals surface area contributed by atoms with Crippen LogP contribution in [0.25, 0.3) is 0 Å². The largest absolute Gasteiger partial charge is 0.466 e. The van der Waals surface area contributed by atoms with E-state index in [9.17, 15) is 9.59 Å². The Morgan fingerprint density at radius 1 is 1.15 bits per heavy atom. The number of methoxy groups -OCH3 is 1. The van der Waals surface area contributed by atoms with Gasteiger partial charge >= 0.3 is 5.97 Å². The molecular formula is C22H36O4. The van der Waals surface area contributed by atoms with Crippen LogP contribution < -0.4 is 0 Å². The van der Waals surface area contributed by atoms with Crippen LogP contribution in [0.5, 0.6) is 0 Å². The molecule has 2 rings (SSSR count). The van der Waals surface area contributed by atoms with Crippen LogP contribution in [0.15, 0.2) is 11.6 Å². The van der Waals surface area contributed by atoms with E-state index in [4.69, 9.17) is 9.47 Å². The molecule has 4 nitrogen and oxygen atoms in total. The van der Waals surface area contributed by atoms with E-state index in [2.05, 4.69) is 27.7 Å². The van der Waals surface area contributed by atoms with Crippen LogP contribution in [0.1, 0.15) is 79.6 Å². The van der Waals surface area contributed by atoms with Crippen molar-refractivity contribution in [3.05, 3.63) is 11.6 Å². The maximum atomic E-state index is 11.5. The summed E-state index contributed by atoms with van der Waals surface area (Å²) in [6.07, 6.45) is 9.03. The van der Waals surface area contributed by atoms with Gasteiger partial charge in [0.1, 0.15) is 5.60 Å². The molecule has 0 radical (unpaired) electrons. The molecule has 0 aromatic carbocycles. The number of carbonyl (C=O) groups is 2. The van der Waals surface area contributed by atoms with Gasteiger partial charge in [0.25, 0.3) is 6.47 Å². The molecule has 0 amide bonds. The summed E-state index contributed by atoms with van der Waals surface area (Å²) in [6.45, 7) is 11.9. The molecule has 0 bridgehead atoms. The van der Waals surface area contributed by atoms with Crippen molar-refractivity contribution in [1.82, 2.24) is 0 Å². The van der Waals surface area contributed by atoms with Crippen LogP contribution in [0.2, 0.25) is 0 Å². The lowest BCUT2D eigenvalue weighted by Crippen LogP contribution is -2.58. The average Bonchev–Trinajstić information content (AvgIpc) is 2.53. The summed E-state index contributed by atoms with van der Waals surface area (Å²) in [6, 6.07) is 0. The van der Waals surface area contributed by atoms with E-state index >= 15 is 0 Å². The SMILES string of the molecule is COC(=O)C=C(C)CC[C@@H]1[C@@]2(C)CCCC(C)(C)[C@@H]2CC[C@@]1(C)OC=O. The highest BCUT2D eigenvalue weighted by Gasteiger charge is 2.58. The maximum Gasteiger partial charge on any atom is 0.330 e. The number of hydrogen-bond acceptors (Lipinski definition) is 4. The predicted molar refractivity (Wildman–Crippen MR) is 103 cm³/mol. The molecule has 2 fully saturated rings. The normalized spacial score (nSPS) is 36.8. The van der Waals surface area contributed by atoms with Gasteiger partial charge in [-0.15, -0.1) is 0 Å². The standard InChI is InChI=1S/C22H36O4/c1-16(14-19(24)25-6)8-9-18-21(4)12-7-11-20(2,3)17(21)10-13-22(18,5)26-15-23/h14-15,17-18H,7-13H2,1-6H3/t17-,18+,21-,22+/m0/s1. The van der Waals surface area contributed by atoms with Gasteiger partial charge in [-0.1, -0.05) is 32.8 Å². The van der Waals surface area contributed by atoms with Gasteiger partial charge in [0.2, 0.25) is 0 Å². The van der Waals surface area contributed by atoms with Crippen LogP contribution in [-0.4, -0.2) is 25.2 Å². The van der Waals surface area contributed by atoms with E-state index in [1.165, 1.54) is 26.4 Å². The molecule has 0 saturated heterocycles. The second kappa shape index (κ2) is 7.74. The van der Waals surface area contributed by atoms with E-state index in [0.29, 0.717) is 23.7 Å². The number of hydrogen-bond donors (Lipinski definition) is 0. The zero-order chi connectivity index (χ0) is 19.6. The van der Waals surface area contributed by atoms with Crippen molar-refractivity contribution >= 4 is 12.4 Å². The first-order chi connectivity index (χ1) is 12.1. The third-order valence-corrected chi connectivity index (χ3v) is 7.45. The van der Waals surface area contributed by atoms with Crippen LogP contribution in [0.4, 0.5) is 0 Å². The molecule has 4 heteroatoms. The fourth-order valence-corrected chi connectivity index (χ4v) is 6.20. The molecule has 0 aliphatic heterocycles.